The van der Waals surface area contributed by atoms with Crippen molar-refractivity contribution in [1.82, 2.24) is 0 Å². The van der Waals surface area contributed by atoms with E-state index in [2.05, 4.69) is 15.9 Å². The normalized spacial score (nSPS) is 13.1. The van der Waals surface area contributed by atoms with Crippen molar-refractivity contribution in [2.45, 2.75) is 46.1 Å². The van der Waals surface area contributed by atoms with Crippen LogP contribution in [0.2, 0.25) is 0 Å². The molecule has 1 aromatic carbocycles. The molecule has 0 fully saturated rings. The summed E-state index contributed by atoms with van der Waals surface area (Å²) in [6, 6.07) is 3.67. The average Bonchev–Trinajstić information content (AvgIpc) is 2.34. The van der Waals surface area contributed by atoms with E-state index in [4.69, 9.17) is 9.47 Å². The van der Waals surface area contributed by atoms with Crippen LogP contribution in [0.3, 0.4) is 0 Å². The van der Waals surface area contributed by atoms with Crippen molar-refractivity contribution in [3.63, 3.8) is 0 Å². The summed E-state index contributed by atoms with van der Waals surface area (Å²) in [7, 11) is 1.60. The number of hydrogen-bond acceptors (Lipinski definition) is 3. The minimum absolute atomic E-state index is 0.135. The van der Waals surface area contributed by atoms with Crippen LogP contribution in [-0.4, -0.2) is 24.3 Å². The first-order valence-corrected chi connectivity index (χ1v) is 7.64. The van der Waals surface area contributed by atoms with Gasteiger partial charge in [0.05, 0.1) is 11.6 Å². The first-order valence-electron chi connectivity index (χ1n) is 6.85. The molecule has 1 aromatic rings. The van der Waals surface area contributed by atoms with Gasteiger partial charge in [-0.15, -0.1) is 0 Å². The lowest BCUT2D eigenvalue weighted by atomic mass is 9.86. The highest BCUT2D eigenvalue weighted by Crippen LogP contribution is 2.41. The molecule has 0 saturated heterocycles. The fourth-order valence-corrected chi connectivity index (χ4v) is 2.49. The summed E-state index contributed by atoms with van der Waals surface area (Å²) in [5, 5.41) is 9.33. The van der Waals surface area contributed by atoms with Crippen molar-refractivity contribution in [3.05, 3.63) is 22.2 Å². The zero-order valence-electron chi connectivity index (χ0n) is 13.4. The molecule has 0 saturated carbocycles. The second kappa shape index (κ2) is 6.69. The van der Waals surface area contributed by atoms with Gasteiger partial charge in [0.2, 0.25) is 0 Å². The molecule has 0 aliphatic heterocycles. The third-order valence-corrected chi connectivity index (χ3v) is 3.74. The third kappa shape index (κ3) is 4.37. The molecule has 0 amide bonds. The van der Waals surface area contributed by atoms with Gasteiger partial charge in [-0.2, -0.15) is 0 Å². The Hall–Kier alpha value is -1.23. The van der Waals surface area contributed by atoms with Gasteiger partial charge < -0.3 is 14.6 Å². The molecule has 1 unspecified atom stereocenters. The van der Waals surface area contributed by atoms with Gasteiger partial charge in [0.25, 0.3) is 0 Å². The largest absolute Gasteiger partial charge is 0.497 e. The maximum Gasteiger partial charge on any atom is 0.345 e. The molecular weight excluding hydrogens is 336 g/mol. The Morgan fingerprint density at radius 2 is 1.86 bits per heavy atom. The molecule has 0 spiro atoms. The lowest BCUT2D eigenvalue weighted by Crippen LogP contribution is -2.33. The SMILES string of the molecule is COc1cc(Br)c(OC(C(=O)O)C(C)C)c(C(C)(C)C)c1. The molecule has 0 bridgehead atoms. The molecule has 5 heteroatoms. The zero-order valence-corrected chi connectivity index (χ0v) is 14.9. The lowest BCUT2D eigenvalue weighted by molar-refractivity contribution is -0.147. The monoisotopic (exact) mass is 358 g/mol. The van der Waals surface area contributed by atoms with Crippen LogP contribution in [-0.2, 0) is 10.2 Å². The Labute approximate surface area is 134 Å². The number of carboxylic acids is 1. The predicted octanol–water partition coefficient (Wildman–Crippen LogP) is 4.24. The van der Waals surface area contributed by atoms with E-state index in [0.29, 0.717) is 16.0 Å². The highest BCUT2D eigenvalue weighted by molar-refractivity contribution is 9.10. The van der Waals surface area contributed by atoms with Gasteiger partial charge in [-0.25, -0.2) is 4.79 Å². The number of methoxy groups -OCH3 is 1. The minimum atomic E-state index is -0.965. The van der Waals surface area contributed by atoms with Crippen LogP contribution in [0.1, 0.15) is 40.2 Å². The van der Waals surface area contributed by atoms with Crippen LogP contribution in [0.4, 0.5) is 0 Å². The lowest BCUT2D eigenvalue weighted by Gasteiger charge is -2.27. The van der Waals surface area contributed by atoms with E-state index < -0.39 is 12.1 Å². The molecule has 0 radical (unpaired) electrons. The first-order chi connectivity index (χ1) is 9.57. The van der Waals surface area contributed by atoms with Gasteiger partial charge in [-0.3, -0.25) is 0 Å². The Morgan fingerprint density at radius 3 is 2.24 bits per heavy atom. The van der Waals surface area contributed by atoms with E-state index >= 15 is 0 Å². The maximum atomic E-state index is 11.4. The van der Waals surface area contributed by atoms with Crippen LogP contribution >= 0.6 is 15.9 Å². The van der Waals surface area contributed by atoms with E-state index in [-0.39, 0.29) is 11.3 Å². The summed E-state index contributed by atoms with van der Waals surface area (Å²) in [6.07, 6.45) is -0.893. The molecule has 1 N–H and O–H groups in total. The topological polar surface area (TPSA) is 55.8 Å². The Bertz CT molecular complexity index is 518. The summed E-state index contributed by atoms with van der Waals surface area (Å²) in [4.78, 5) is 11.4. The third-order valence-electron chi connectivity index (χ3n) is 3.15. The van der Waals surface area contributed by atoms with Crippen LogP contribution < -0.4 is 9.47 Å². The van der Waals surface area contributed by atoms with Gasteiger partial charge in [-0.1, -0.05) is 34.6 Å². The fourth-order valence-electron chi connectivity index (χ4n) is 1.96. The number of ether oxygens (including phenoxy) is 2. The summed E-state index contributed by atoms with van der Waals surface area (Å²) in [6.45, 7) is 9.80. The zero-order chi connectivity index (χ0) is 16.4. The van der Waals surface area contributed by atoms with Crippen LogP contribution in [0, 0.1) is 5.92 Å². The summed E-state index contributed by atoms with van der Waals surface area (Å²) < 4.78 is 11.8. The molecule has 118 valence electrons. The van der Waals surface area contributed by atoms with Crippen molar-refractivity contribution >= 4 is 21.9 Å². The van der Waals surface area contributed by atoms with Crippen molar-refractivity contribution in [2.75, 3.05) is 7.11 Å². The number of halogens is 1. The molecule has 0 aliphatic rings. The Balaban J connectivity index is 3.37. The van der Waals surface area contributed by atoms with E-state index in [1.807, 2.05) is 40.7 Å². The van der Waals surface area contributed by atoms with Gasteiger partial charge in [0.1, 0.15) is 11.5 Å². The highest BCUT2D eigenvalue weighted by atomic mass is 79.9. The van der Waals surface area contributed by atoms with Crippen LogP contribution in [0.25, 0.3) is 0 Å². The molecule has 0 aromatic heterocycles. The highest BCUT2D eigenvalue weighted by Gasteiger charge is 2.29. The minimum Gasteiger partial charge on any atom is -0.497 e. The number of rotatable bonds is 5. The van der Waals surface area contributed by atoms with Crippen molar-refractivity contribution in [3.8, 4) is 11.5 Å². The van der Waals surface area contributed by atoms with Gasteiger partial charge >= 0.3 is 5.97 Å². The van der Waals surface area contributed by atoms with E-state index in [1.165, 1.54) is 0 Å². The molecule has 0 heterocycles. The summed E-state index contributed by atoms with van der Waals surface area (Å²) in [5.74, 6) is 0.164. The second-order valence-electron chi connectivity index (χ2n) is 6.36. The second-order valence-corrected chi connectivity index (χ2v) is 7.21. The molecule has 0 aliphatic carbocycles. The summed E-state index contributed by atoms with van der Waals surface area (Å²) >= 11 is 3.46. The first kappa shape index (κ1) is 17.8. The van der Waals surface area contributed by atoms with E-state index in [1.54, 1.807) is 13.2 Å². The molecular formula is C16H23BrO4. The number of carbonyl (C=O) groups is 1. The number of carboxylic acid groups (broad SMARTS) is 1. The van der Waals surface area contributed by atoms with Crippen molar-refractivity contribution in [1.29, 1.82) is 0 Å². The fraction of sp³-hybridized carbons (Fsp3) is 0.562. The average molecular weight is 359 g/mol. The quantitative estimate of drug-likeness (QED) is 0.854. The molecule has 21 heavy (non-hydrogen) atoms. The number of hydrogen-bond donors (Lipinski definition) is 1. The van der Waals surface area contributed by atoms with Crippen LogP contribution in [0.5, 0.6) is 11.5 Å². The smallest absolute Gasteiger partial charge is 0.345 e. The maximum absolute atomic E-state index is 11.4. The Kier molecular flexibility index (Phi) is 5.68. The summed E-state index contributed by atoms with van der Waals surface area (Å²) in [5.41, 5.74) is 0.701. The van der Waals surface area contributed by atoms with Crippen LogP contribution in [0.15, 0.2) is 16.6 Å². The standard InChI is InChI=1S/C16H23BrO4/c1-9(2)13(15(18)19)21-14-11(16(3,4)5)7-10(20-6)8-12(14)17/h7-9,13H,1-6H3,(H,18,19). The van der Waals surface area contributed by atoms with Crippen molar-refractivity contribution < 1.29 is 19.4 Å². The number of benzene rings is 1. The van der Waals surface area contributed by atoms with E-state index in [9.17, 15) is 9.90 Å². The van der Waals surface area contributed by atoms with Gasteiger partial charge in [0.15, 0.2) is 6.10 Å². The predicted molar refractivity (Wildman–Crippen MR) is 86.3 cm³/mol. The number of aliphatic carboxylic acids is 1. The molecule has 4 nitrogen and oxygen atoms in total. The van der Waals surface area contributed by atoms with E-state index in [0.717, 1.165) is 5.56 Å². The molecule has 1 atom stereocenters. The molecule has 1 rings (SSSR count). The van der Waals surface area contributed by atoms with Gasteiger partial charge in [0, 0.05) is 11.5 Å². The van der Waals surface area contributed by atoms with Gasteiger partial charge in [-0.05, 0) is 33.5 Å². The van der Waals surface area contributed by atoms with Crippen molar-refractivity contribution in [2.24, 2.45) is 5.92 Å². The Morgan fingerprint density at radius 1 is 1.29 bits per heavy atom.